The van der Waals surface area contributed by atoms with Gasteiger partial charge in [-0.2, -0.15) is 0 Å². The van der Waals surface area contributed by atoms with Crippen molar-refractivity contribution < 1.29 is 0 Å². The molecule has 5 heteroatoms. The second kappa shape index (κ2) is 7.36. The summed E-state index contributed by atoms with van der Waals surface area (Å²) in [6.07, 6.45) is 4.85. The third-order valence-corrected chi connectivity index (χ3v) is 3.80. The number of pyridine rings is 1. The van der Waals surface area contributed by atoms with Crippen molar-refractivity contribution >= 4 is 11.8 Å². The zero-order chi connectivity index (χ0) is 14.4. The number of aromatic nitrogens is 3. The quantitative estimate of drug-likeness (QED) is 0.653. The van der Waals surface area contributed by atoms with Crippen molar-refractivity contribution in [3.63, 3.8) is 0 Å². The molecule has 0 spiro atoms. The van der Waals surface area contributed by atoms with Gasteiger partial charge in [-0.15, -0.1) is 0 Å². The lowest BCUT2D eigenvalue weighted by Crippen LogP contribution is -2.14. The summed E-state index contributed by atoms with van der Waals surface area (Å²) in [5, 5.41) is 5.10. The smallest absolute Gasteiger partial charge is 0.194 e. The van der Waals surface area contributed by atoms with Gasteiger partial charge in [-0.3, -0.25) is 0 Å². The summed E-state index contributed by atoms with van der Waals surface area (Å²) < 4.78 is 0. The largest absolute Gasteiger partial charge is 0.313 e. The Morgan fingerprint density at radius 3 is 2.80 bits per heavy atom. The molecule has 0 aliphatic rings. The molecule has 0 saturated heterocycles. The maximum Gasteiger partial charge on any atom is 0.194 e. The molecule has 0 aromatic carbocycles. The summed E-state index contributed by atoms with van der Waals surface area (Å²) >= 11 is 1.51. The highest BCUT2D eigenvalue weighted by molar-refractivity contribution is 7.99. The average Bonchev–Trinajstić information content (AvgIpc) is 2.42. The van der Waals surface area contributed by atoms with Crippen molar-refractivity contribution in [3.05, 3.63) is 41.3 Å². The Bertz CT molecular complexity index is 572. The fourth-order valence-electron chi connectivity index (χ4n) is 1.80. The lowest BCUT2D eigenvalue weighted by molar-refractivity contribution is 0.672. The molecule has 0 fully saturated rings. The summed E-state index contributed by atoms with van der Waals surface area (Å²) in [5.41, 5.74) is 3.35. The van der Waals surface area contributed by atoms with Crippen LogP contribution in [0.4, 0.5) is 0 Å². The minimum Gasteiger partial charge on any atom is -0.313 e. The minimum atomic E-state index is 0.748. The van der Waals surface area contributed by atoms with E-state index in [-0.39, 0.29) is 0 Å². The number of nitrogens with one attached hydrogen (secondary N) is 1. The van der Waals surface area contributed by atoms with Crippen LogP contribution in [0.5, 0.6) is 0 Å². The molecular formula is C15H20N4S. The van der Waals surface area contributed by atoms with E-state index in [0.29, 0.717) is 0 Å². The van der Waals surface area contributed by atoms with Crippen LogP contribution in [0.1, 0.15) is 30.2 Å². The van der Waals surface area contributed by atoms with E-state index in [2.05, 4.69) is 40.2 Å². The normalized spacial score (nSPS) is 10.8. The van der Waals surface area contributed by atoms with Crippen LogP contribution in [0.15, 0.2) is 34.7 Å². The molecule has 0 amide bonds. The van der Waals surface area contributed by atoms with Crippen molar-refractivity contribution in [3.8, 4) is 0 Å². The number of hydrogen-bond donors (Lipinski definition) is 1. The molecule has 1 N–H and O–H groups in total. The van der Waals surface area contributed by atoms with E-state index in [1.165, 1.54) is 17.3 Å². The van der Waals surface area contributed by atoms with Crippen LogP contribution in [0.25, 0.3) is 0 Å². The fourth-order valence-corrected chi connectivity index (χ4v) is 2.60. The van der Waals surface area contributed by atoms with Gasteiger partial charge in [0.25, 0.3) is 0 Å². The SMILES string of the molecule is CCCNCc1cnc(Sc2nccc(C)n2)c(C)c1. The molecule has 2 aromatic rings. The summed E-state index contributed by atoms with van der Waals surface area (Å²) in [6, 6.07) is 4.07. The first-order valence-corrected chi connectivity index (χ1v) is 7.64. The molecule has 0 radical (unpaired) electrons. The third-order valence-electron chi connectivity index (χ3n) is 2.80. The molecule has 0 unspecified atom stereocenters. The zero-order valence-electron chi connectivity index (χ0n) is 12.2. The van der Waals surface area contributed by atoms with Gasteiger partial charge in [0, 0.05) is 24.6 Å². The van der Waals surface area contributed by atoms with Crippen molar-refractivity contribution in [1.29, 1.82) is 0 Å². The second-order valence-electron chi connectivity index (χ2n) is 4.73. The lowest BCUT2D eigenvalue weighted by atomic mass is 10.2. The molecule has 2 rings (SSSR count). The van der Waals surface area contributed by atoms with Gasteiger partial charge in [-0.1, -0.05) is 13.0 Å². The Morgan fingerprint density at radius 2 is 2.10 bits per heavy atom. The number of hydrogen-bond acceptors (Lipinski definition) is 5. The van der Waals surface area contributed by atoms with Crippen LogP contribution in [-0.2, 0) is 6.54 Å². The highest BCUT2D eigenvalue weighted by Crippen LogP contribution is 2.25. The Hall–Kier alpha value is -1.46. The Labute approximate surface area is 124 Å². The van der Waals surface area contributed by atoms with Gasteiger partial charge in [0.2, 0.25) is 0 Å². The first kappa shape index (κ1) is 14.9. The molecular weight excluding hydrogens is 268 g/mol. The van der Waals surface area contributed by atoms with Gasteiger partial charge in [0.05, 0.1) is 0 Å². The van der Waals surface area contributed by atoms with Gasteiger partial charge >= 0.3 is 0 Å². The van der Waals surface area contributed by atoms with E-state index in [4.69, 9.17) is 0 Å². The molecule has 0 atom stereocenters. The van der Waals surface area contributed by atoms with Crippen LogP contribution in [0.3, 0.4) is 0 Å². The van der Waals surface area contributed by atoms with E-state index in [1.54, 1.807) is 6.20 Å². The highest BCUT2D eigenvalue weighted by atomic mass is 32.2. The molecule has 4 nitrogen and oxygen atoms in total. The Balaban J connectivity index is 2.06. The molecule has 2 aromatic heterocycles. The van der Waals surface area contributed by atoms with Crippen LogP contribution in [-0.4, -0.2) is 21.5 Å². The molecule has 2 heterocycles. The van der Waals surface area contributed by atoms with Crippen molar-refractivity contribution in [1.82, 2.24) is 20.3 Å². The highest BCUT2D eigenvalue weighted by Gasteiger charge is 2.06. The Kier molecular flexibility index (Phi) is 5.49. The lowest BCUT2D eigenvalue weighted by Gasteiger charge is -2.07. The maximum atomic E-state index is 4.52. The van der Waals surface area contributed by atoms with Gasteiger partial charge in [0.1, 0.15) is 5.03 Å². The van der Waals surface area contributed by atoms with Gasteiger partial charge in [-0.05, 0) is 55.8 Å². The molecule has 0 aliphatic heterocycles. The van der Waals surface area contributed by atoms with Crippen molar-refractivity contribution in [2.45, 2.75) is 43.9 Å². The van der Waals surface area contributed by atoms with E-state index in [9.17, 15) is 0 Å². The summed E-state index contributed by atoms with van der Waals surface area (Å²) in [7, 11) is 0. The summed E-state index contributed by atoms with van der Waals surface area (Å²) in [6.45, 7) is 8.11. The maximum absolute atomic E-state index is 4.52. The van der Waals surface area contributed by atoms with E-state index in [1.807, 2.05) is 19.2 Å². The zero-order valence-corrected chi connectivity index (χ0v) is 13.0. The number of rotatable bonds is 6. The molecule has 0 saturated carbocycles. The minimum absolute atomic E-state index is 0.748. The van der Waals surface area contributed by atoms with Gasteiger partial charge in [0.15, 0.2) is 5.16 Å². The standard InChI is InChI=1S/C15H20N4S/c1-4-6-16-9-13-8-11(2)14(18-10-13)20-15-17-7-5-12(3)19-15/h5,7-8,10,16H,4,6,9H2,1-3H3. The van der Waals surface area contributed by atoms with E-state index in [0.717, 1.165) is 41.0 Å². The fraction of sp³-hybridized carbons (Fsp3) is 0.400. The van der Waals surface area contributed by atoms with Crippen LogP contribution in [0.2, 0.25) is 0 Å². The van der Waals surface area contributed by atoms with Crippen molar-refractivity contribution in [2.75, 3.05) is 6.54 Å². The number of nitrogens with zero attached hydrogens (tertiary/aromatic N) is 3. The molecule has 0 aliphatic carbocycles. The topological polar surface area (TPSA) is 50.7 Å². The monoisotopic (exact) mass is 288 g/mol. The first-order chi connectivity index (χ1) is 9.69. The second-order valence-corrected chi connectivity index (χ2v) is 5.68. The molecule has 20 heavy (non-hydrogen) atoms. The van der Waals surface area contributed by atoms with Gasteiger partial charge in [-0.25, -0.2) is 15.0 Å². The van der Waals surface area contributed by atoms with Crippen LogP contribution in [0, 0.1) is 13.8 Å². The van der Waals surface area contributed by atoms with E-state index >= 15 is 0 Å². The molecule has 106 valence electrons. The average molecular weight is 288 g/mol. The summed E-state index contributed by atoms with van der Waals surface area (Å²) in [4.78, 5) is 13.2. The predicted octanol–water partition coefficient (Wildman–Crippen LogP) is 3.14. The molecule has 0 bridgehead atoms. The Morgan fingerprint density at radius 1 is 1.25 bits per heavy atom. The third kappa shape index (κ3) is 4.28. The van der Waals surface area contributed by atoms with E-state index < -0.39 is 0 Å². The van der Waals surface area contributed by atoms with Gasteiger partial charge < -0.3 is 5.32 Å². The summed E-state index contributed by atoms with van der Waals surface area (Å²) in [5.74, 6) is 0. The number of aryl methyl sites for hydroxylation is 2. The first-order valence-electron chi connectivity index (χ1n) is 6.82. The predicted molar refractivity (Wildman–Crippen MR) is 81.9 cm³/mol. The van der Waals surface area contributed by atoms with Crippen LogP contribution < -0.4 is 5.32 Å². The van der Waals surface area contributed by atoms with Crippen molar-refractivity contribution in [2.24, 2.45) is 0 Å². The van der Waals surface area contributed by atoms with Crippen LogP contribution >= 0.6 is 11.8 Å².